The summed E-state index contributed by atoms with van der Waals surface area (Å²) in [6, 6.07) is -0.220. The number of hydrogen-bond acceptors (Lipinski definition) is 2. The number of nitrogens with zero attached hydrogens (tertiary/aromatic N) is 1. The van der Waals surface area contributed by atoms with Crippen molar-refractivity contribution in [2.24, 2.45) is 0 Å². The van der Waals surface area contributed by atoms with E-state index in [1.807, 2.05) is 0 Å². The Morgan fingerprint density at radius 3 is 2.30 bits per heavy atom. The largest absolute Gasteiger partial charge is 0.480 e. The van der Waals surface area contributed by atoms with Gasteiger partial charge in [0.25, 0.3) is 0 Å². The van der Waals surface area contributed by atoms with E-state index in [9.17, 15) is 9.90 Å². The molecular formula is C17H33NO2. The van der Waals surface area contributed by atoms with Crippen LogP contribution in [-0.2, 0) is 4.79 Å². The van der Waals surface area contributed by atoms with Gasteiger partial charge in [-0.15, -0.1) is 0 Å². The maximum Gasteiger partial charge on any atom is 0.320 e. The minimum Gasteiger partial charge on any atom is -0.480 e. The standard InChI is InChI=1S/C17H33NO2/c1-2-3-4-5-6-7-8-11-14-18-15-12-9-10-13-16(18)17(19)20/h16H,2-15H2,1H3,(H,19,20). The molecule has 0 radical (unpaired) electrons. The van der Waals surface area contributed by atoms with Crippen LogP contribution in [-0.4, -0.2) is 35.1 Å². The second-order valence-electron chi connectivity index (χ2n) is 6.21. The fourth-order valence-corrected chi connectivity index (χ4v) is 3.16. The molecule has 1 heterocycles. The van der Waals surface area contributed by atoms with E-state index in [-0.39, 0.29) is 6.04 Å². The number of unbranched alkanes of at least 4 members (excludes halogenated alkanes) is 7. The lowest BCUT2D eigenvalue weighted by molar-refractivity contribution is -0.143. The van der Waals surface area contributed by atoms with E-state index in [1.54, 1.807) is 0 Å². The van der Waals surface area contributed by atoms with Gasteiger partial charge >= 0.3 is 5.97 Å². The highest BCUT2D eigenvalue weighted by Gasteiger charge is 2.26. The van der Waals surface area contributed by atoms with Gasteiger partial charge in [-0.25, -0.2) is 0 Å². The molecule has 0 aromatic rings. The molecular weight excluding hydrogens is 250 g/mol. The van der Waals surface area contributed by atoms with Crippen molar-refractivity contribution in [3.8, 4) is 0 Å². The highest BCUT2D eigenvalue weighted by molar-refractivity contribution is 5.73. The lowest BCUT2D eigenvalue weighted by atomic mass is 10.1. The lowest BCUT2D eigenvalue weighted by Crippen LogP contribution is -2.41. The fourth-order valence-electron chi connectivity index (χ4n) is 3.16. The van der Waals surface area contributed by atoms with Crippen LogP contribution in [0.4, 0.5) is 0 Å². The van der Waals surface area contributed by atoms with Gasteiger partial charge < -0.3 is 5.11 Å². The predicted molar refractivity (Wildman–Crippen MR) is 84.1 cm³/mol. The zero-order valence-electron chi connectivity index (χ0n) is 13.3. The van der Waals surface area contributed by atoms with Crippen molar-refractivity contribution >= 4 is 5.97 Å². The molecule has 1 atom stereocenters. The summed E-state index contributed by atoms with van der Waals surface area (Å²) in [5, 5.41) is 9.32. The van der Waals surface area contributed by atoms with Gasteiger partial charge in [0, 0.05) is 0 Å². The van der Waals surface area contributed by atoms with Gasteiger partial charge in [0.1, 0.15) is 6.04 Å². The molecule has 1 unspecified atom stereocenters. The van der Waals surface area contributed by atoms with Crippen LogP contribution in [0.5, 0.6) is 0 Å². The highest BCUT2D eigenvalue weighted by Crippen LogP contribution is 2.18. The Morgan fingerprint density at radius 1 is 1.00 bits per heavy atom. The van der Waals surface area contributed by atoms with E-state index in [0.29, 0.717) is 0 Å². The molecule has 3 nitrogen and oxygen atoms in total. The van der Waals surface area contributed by atoms with Gasteiger partial charge in [0.15, 0.2) is 0 Å². The molecule has 1 rings (SSSR count). The van der Waals surface area contributed by atoms with Crippen LogP contribution >= 0.6 is 0 Å². The number of carboxylic acid groups (broad SMARTS) is 1. The second kappa shape index (κ2) is 11.1. The van der Waals surface area contributed by atoms with Gasteiger partial charge in [-0.05, 0) is 32.4 Å². The first-order valence-corrected chi connectivity index (χ1v) is 8.72. The number of aliphatic carboxylic acids is 1. The second-order valence-corrected chi connectivity index (χ2v) is 6.21. The van der Waals surface area contributed by atoms with Crippen LogP contribution in [0.3, 0.4) is 0 Å². The third-order valence-corrected chi connectivity index (χ3v) is 4.45. The summed E-state index contributed by atoms with van der Waals surface area (Å²) in [6.45, 7) is 4.21. The Labute approximate surface area is 124 Å². The molecule has 1 aliphatic heterocycles. The number of rotatable bonds is 10. The van der Waals surface area contributed by atoms with Crippen molar-refractivity contribution in [3.05, 3.63) is 0 Å². The highest BCUT2D eigenvalue weighted by atomic mass is 16.4. The summed E-state index contributed by atoms with van der Waals surface area (Å²) < 4.78 is 0. The van der Waals surface area contributed by atoms with Gasteiger partial charge in [-0.1, -0.05) is 64.7 Å². The van der Waals surface area contributed by atoms with E-state index in [4.69, 9.17) is 0 Å². The SMILES string of the molecule is CCCCCCCCCCN1CCCCCC1C(=O)O. The smallest absolute Gasteiger partial charge is 0.320 e. The molecule has 0 spiro atoms. The summed E-state index contributed by atoms with van der Waals surface area (Å²) in [4.78, 5) is 13.5. The van der Waals surface area contributed by atoms with Gasteiger partial charge in [0.05, 0.1) is 0 Å². The van der Waals surface area contributed by atoms with E-state index >= 15 is 0 Å². The molecule has 0 aromatic carbocycles. The van der Waals surface area contributed by atoms with Crippen molar-refractivity contribution in [2.45, 2.75) is 90.0 Å². The Hall–Kier alpha value is -0.570. The summed E-state index contributed by atoms with van der Waals surface area (Å²) in [5.41, 5.74) is 0. The maximum absolute atomic E-state index is 11.3. The molecule has 0 bridgehead atoms. The molecule has 0 aliphatic carbocycles. The van der Waals surface area contributed by atoms with Crippen LogP contribution in [0, 0.1) is 0 Å². The molecule has 0 amide bonds. The number of hydrogen-bond donors (Lipinski definition) is 1. The summed E-state index contributed by atoms with van der Waals surface area (Å²) in [5.74, 6) is -0.619. The normalized spacial score (nSPS) is 20.8. The van der Waals surface area contributed by atoms with E-state index < -0.39 is 5.97 Å². The summed E-state index contributed by atoms with van der Waals surface area (Å²) >= 11 is 0. The Kier molecular flexibility index (Phi) is 9.73. The minimum atomic E-state index is -0.619. The third-order valence-electron chi connectivity index (χ3n) is 4.45. The van der Waals surface area contributed by atoms with Gasteiger partial charge in [-0.2, -0.15) is 0 Å². The first-order valence-electron chi connectivity index (χ1n) is 8.72. The van der Waals surface area contributed by atoms with Gasteiger partial charge in [-0.3, -0.25) is 9.69 Å². The Bertz CT molecular complexity index is 255. The van der Waals surface area contributed by atoms with Crippen LogP contribution in [0.15, 0.2) is 0 Å². The number of carbonyl (C=O) groups is 1. The molecule has 20 heavy (non-hydrogen) atoms. The Morgan fingerprint density at radius 2 is 1.65 bits per heavy atom. The zero-order valence-corrected chi connectivity index (χ0v) is 13.3. The maximum atomic E-state index is 11.3. The average Bonchev–Trinajstić information content (AvgIpc) is 2.67. The third kappa shape index (κ3) is 7.28. The topological polar surface area (TPSA) is 40.5 Å². The molecule has 1 aliphatic rings. The van der Waals surface area contributed by atoms with Crippen molar-refractivity contribution < 1.29 is 9.90 Å². The average molecular weight is 283 g/mol. The lowest BCUT2D eigenvalue weighted by Gasteiger charge is -2.26. The molecule has 3 heteroatoms. The molecule has 1 saturated heterocycles. The van der Waals surface area contributed by atoms with Gasteiger partial charge in [0.2, 0.25) is 0 Å². The fraction of sp³-hybridized carbons (Fsp3) is 0.941. The molecule has 0 aromatic heterocycles. The van der Waals surface area contributed by atoms with Crippen molar-refractivity contribution in [1.82, 2.24) is 4.90 Å². The quantitative estimate of drug-likeness (QED) is 0.602. The van der Waals surface area contributed by atoms with Crippen molar-refractivity contribution in [3.63, 3.8) is 0 Å². The van der Waals surface area contributed by atoms with E-state index in [2.05, 4.69) is 11.8 Å². The molecule has 1 N–H and O–H groups in total. The van der Waals surface area contributed by atoms with Crippen molar-refractivity contribution in [2.75, 3.05) is 13.1 Å². The van der Waals surface area contributed by atoms with Crippen LogP contribution < -0.4 is 0 Å². The predicted octanol–water partition coefficient (Wildman–Crippen LogP) is 4.46. The molecule has 1 fully saturated rings. The first kappa shape index (κ1) is 17.5. The molecule has 118 valence electrons. The minimum absolute atomic E-state index is 0.220. The molecule has 0 saturated carbocycles. The van der Waals surface area contributed by atoms with Crippen LogP contribution in [0.2, 0.25) is 0 Å². The number of carboxylic acids is 1. The van der Waals surface area contributed by atoms with E-state index in [0.717, 1.165) is 32.4 Å². The summed E-state index contributed by atoms with van der Waals surface area (Å²) in [6.07, 6.45) is 14.8. The monoisotopic (exact) mass is 283 g/mol. The van der Waals surface area contributed by atoms with Crippen molar-refractivity contribution in [1.29, 1.82) is 0 Å². The Balaban J connectivity index is 2.10. The van der Waals surface area contributed by atoms with Crippen LogP contribution in [0.1, 0.15) is 84.0 Å². The first-order chi connectivity index (χ1) is 9.75. The summed E-state index contributed by atoms with van der Waals surface area (Å²) in [7, 11) is 0. The van der Waals surface area contributed by atoms with E-state index in [1.165, 1.54) is 57.8 Å². The zero-order chi connectivity index (χ0) is 14.6. The van der Waals surface area contributed by atoms with Crippen LogP contribution in [0.25, 0.3) is 0 Å². The number of likely N-dealkylation sites (tertiary alicyclic amines) is 1.